The molecule has 1 atom stereocenters. The second-order valence-corrected chi connectivity index (χ2v) is 8.10. The topological polar surface area (TPSA) is 65.4 Å². The van der Waals surface area contributed by atoms with Gasteiger partial charge in [0, 0.05) is 24.6 Å². The van der Waals surface area contributed by atoms with Gasteiger partial charge in [-0.3, -0.25) is 9.48 Å². The number of nitrogens with zero attached hydrogens (tertiary/aromatic N) is 2. The van der Waals surface area contributed by atoms with Crippen LogP contribution >= 0.6 is 0 Å². The minimum absolute atomic E-state index is 0.0652. The number of ether oxygens (including phenoxy) is 2. The number of rotatable bonds is 3. The highest BCUT2D eigenvalue weighted by Gasteiger charge is 2.36. The fourth-order valence-corrected chi connectivity index (χ4v) is 4.28. The monoisotopic (exact) mass is 369 g/mol. The molecule has 1 aromatic heterocycles. The summed E-state index contributed by atoms with van der Waals surface area (Å²) in [6.07, 6.45) is 4.84. The molecule has 0 saturated carbocycles. The molecule has 0 saturated heterocycles. The number of aromatic nitrogens is 2. The lowest BCUT2D eigenvalue weighted by Gasteiger charge is -2.38. The number of hydrogen-bond acceptors (Lipinski definition) is 4. The average Bonchev–Trinajstić information content (AvgIpc) is 2.96. The summed E-state index contributed by atoms with van der Waals surface area (Å²) in [6.45, 7) is 4.09. The van der Waals surface area contributed by atoms with Crippen molar-refractivity contribution < 1.29 is 14.3 Å². The molecular weight excluding hydrogens is 342 g/mol. The van der Waals surface area contributed by atoms with Crippen LogP contribution in [0.4, 0.5) is 0 Å². The van der Waals surface area contributed by atoms with E-state index in [-0.39, 0.29) is 17.6 Å². The predicted molar refractivity (Wildman–Crippen MR) is 102 cm³/mol. The van der Waals surface area contributed by atoms with Crippen LogP contribution in [-0.4, -0.2) is 28.4 Å². The van der Waals surface area contributed by atoms with Crippen molar-refractivity contribution in [2.75, 3.05) is 7.11 Å². The molecule has 6 heteroatoms. The number of nitrogens with one attached hydrogen (secondary N) is 1. The molecule has 6 nitrogen and oxygen atoms in total. The van der Waals surface area contributed by atoms with Crippen LogP contribution < -0.4 is 14.8 Å². The van der Waals surface area contributed by atoms with E-state index in [0.717, 1.165) is 54.0 Å². The largest absolute Gasteiger partial charge is 0.497 e. The van der Waals surface area contributed by atoms with Crippen molar-refractivity contribution in [1.29, 1.82) is 0 Å². The maximum Gasteiger partial charge on any atom is 0.270 e. The summed E-state index contributed by atoms with van der Waals surface area (Å²) in [5.74, 6) is 1.49. The minimum atomic E-state index is -0.356. The van der Waals surface area contributed by atoms with E-state index in [1.165, 1.54) is 0 Å². The zero-order valence-electron chi connectivity index (χ0n) is 16.5. The van der Waals surface area contributed by atoms with Gasteiger partial charge >= 0.3 is 0 Å². The highest BCUT2D eigenvalue weighted by atomic mass is 16.5. The molecule has 2 aromatic rings. The molecule has 1 amide bonds. The maximum absolute atomic E-state index is 13.2. The minimum Gasteiger partial charge on any atom is -0.497 e. The molecule has 1 aliphatic heterocycles. The number of aryl methyl sites for hydroxylation is 2. The number of benzene rings is 1. The van der Waals surface area contributed by atoms with Crippen LogP contribution in [0.3, 0.4) is 0 Å². The van der Waals surface area contributed by atoms with Crippen molar-refractivity contribution in [3.05, 3.63) is 40.7 Å². The van der Waals surface area contributed by atoms with Crippen LogP contribution in [0.15, 0.2) is 18.2 Å². The Bertz CT molecular complexity index is 885. The van der Waals surface area contributed by atoms with Crippen molar-refractivity contribution in [2.24, 2.45) is 7.05 Å². The molecule has 2 aliphatic rings. The average molecular weight is 369 g/mol. The van der Waals surface area contributed by atoms with Gasteiger partial charge in [-0.1, -0.05) is 0 Å². The molecule has 0 bridgehead atoms. The van der Waals surface area contributed by atoms with E-state index in [1.54, 1.807) is 11.8 Å². The lowest BCUT2D eigenvalue weighted by atomic mass is 9.89. The highest BCUT2D eigenvalue weighted by molar-refractivity contribution is 5.94. The van der Waals surface area contributed by atoms with E-state index in [1.807, 2.05) is 39.1 Å². The second kappa shape index (κ2) is 6.59. The van der Waals surface area contributed by atoms with Crippen molar-refractivity contribution in [1.82, 2.24) is 15.1 Å². The van der Waals surface area contributed by atoms with Gasteiger partial charge in [-0.05, 0) is 57.7 Å². The molecule has 0 spiro atoms. The number of hydrogen-bond donors (Lipinski definition) is 1. The lowest BCUT2D eigenvalue weighted by molar-refractivity contribution is 0.0615. The summed E-state index contributed by atoms with van der Waals surface area (Å²) in [4.78, 5) is 13.2. The standard InChI is InChI=1S/C21H27N3O3/c1-21(2)12-17(15-11-13(26-4)9-10-18(15)27-21)22-20(25)19-14-7-5-6-8-16(14)23-24(19)3/h9-11,17H,5-8,12H2,1-4H3,(H,22,25)/t17-/m1/s1. The van der Waals surface area contributed by atoms with Gasteiger partial charge in [0.05, 0.1) is 18.8 Å². The van der Waals surface area contributed by atoms with Crippen molar-refractivity contribution >= 4 is 5.91 Å². The van der Waals surface area contributed by atoms with Gasteiger partial charge in [0.1, 0.15) is 22.8 Å². The molecule has 144 valence electrons. The normalized spacial score (nSPS) is 20.2. The summed E-state index contributed by atoms with van der Waals surface area (Å²) in [6, 6.07) is 5.62. The van der Waals surface area contributed by atoms with Crippen LogP contribution in [0, 0.1) is 0 Å². The smallest absolute Gasteiger partial charge is 0.270 e. The Labute approximate surface area is 159 Å². The lowest BCUT2D eigenvalue weighted by Crippen LogP contribution is -2.41. The highest BCUT2D eigenvalue weighted by Crippen LogP contribution is 2.41. The quantitative estimate of drug-likeness (QED) is 0.901. The van der Waals surface area contributed by atoms with Gasteiger partial charge in [0.2, 0.25) is 0 Å². The van der Waals surface area contributed by atoms with E-state index in [9.17, 15) is 4.79 Å². The Morgan fingerprint density at radius 3 is 2.89 bits per heavy atom. The van der Waals surface area contributed by atoms with E-state index >= 15 is 0 Å². The van der Waals surface area contributed by atoms with Crippen molar-refractivity contribution in [2.45, 2.75) is 57.6 Å². The fraction of sp³-hybridized carbons (Fsp3) is 0.524. The van der Waals surface area contributed by atoms with Gasteiger partial charge in [0.15, 0.2) is 0 Å². The van der Waals surface area contributed by atoms with Crippen LogP contribution in [0.2, 0.25) is 0 Å². The van der Waals surface area contributed by atoms with Crippen molar-refractivity contribution in [3.8, 4) is 11.5 Å². The van der Waals surface area contributed by atoms with Crippen LogP contribution in [0.1, 0.15) is 66.5 Å². The first-order valence-electron chi connectivity index (χ1n) is 9.60. The molecule has 1 N–H and O–H groups in total. The molecule has 0 unspecified atom stereocenters. The first-order valence-corrected chi connectivity index (χ1v) is 9.60. The molecular formula is C21H27N3O3. The third-order valence-corrected chi connectivity index (χ3v) is 5.51. The van der Waals surface area contributed by atoms with E-state index < -0.39 is 0 Å². The van der Waals surface area contributed by atoms with Crippen LogP contribution in [0.5, 0.6) is 11.5 Å². The molecule has 4 rings (SSSR count). The summed E-state index contributed by atoms with van der Waals surface area (Å²) < 4.78 is 13.2. The van der Waals surface area contributed by atoms with Crippen LogP contribution in [-0.2, 0) is 19.9 Å². The summed E-state index contributed by atoms with van der Waals surface area (Å²) >= 11 is 0. The molecule has 27 heavy (non-hydrogen) atoms. The maximum atomic E-state index is 13.2. The van der Waals surface area contributed by atoms with Crippen LogP contribution in [0.25, 0.3) is 0 Å². The van der Waals surface area contributed by atoms with E-state index in [4.69, 9.17) is 9.47 Å². The van der Waals surface area contributed by atoms with Gasteiger partial charge in [0.25, 0.3) is 5.91 Å². The van der Waals surface area contributed by atoms with Gasteiger partial charge in [-0.2, -0.15) is 5.10 Å². The third kappa shape index (κ3) is 3.29. The number of fused-ring (bicyclic) bond motifs is 2. The molecule has 1 aromatic carbocycles. The molecule has 1 aliphatic carbocycles. The van der Waals surface area contributed by atoms with Gasteiger partial charge < -0.3 is 14.8 Å². The zero-order chi connectivity index (χ0) is 19.2. The number of carbonyl (C=O) groups is 1. The van der Waals surface area contributed by atoms with Gasteiger partial charge in [-0.15, -0.1) is 0 Å². The van der Waals surface area contributed by atoms with E-state index in [0.29, 0.717) is 12.1 Å². The third-order valence-electron chi connectivity index (χ3n) is 5.51. The number of carbonyl (C=O) groups excluding carboxylic acids is 1. The SMILES string of the molecule is COc1ccc2c(c1)[C@H](NC(=O)c1c3c(nn1C)CCCC3)CC(C)(C)O2. The summed E-state index contributed by atoms with van der Waals surface area (Å²) in [5.41, 5.74) is 3.48. The second-order valence-electron chi connectivity index (χ2n) is 8.10. The Kier molecular flexibility index (Phi) is 4.36. The Morgan fingerprint density at radius 2 is 2.11 bits per heavy atom. The fourth-order valence-electron chi connectivity index (χ4n) is 4.28. The van der Waals surface area contributed by atoms with Crippen molar-refractivity contribution in [3.63, 3.8) is 0 Å². The summed E-state index contributed by atoms with van der Waals surface area (Å²) in [5, 5.41) is 7.82. The first kappa shape index (κ1) is 17.9. The molecule has 0 fully saturated rings. The number of amides is 1. The Balaban J connectivity index is 1.66. The first-order chi connectivity index (χ1) is 12.9. The summed E-state index contributed by atoms with van der Waals surface area (Å²) in [7, 11) is 3.50. The zero-order valence-corrected chi connectivity index (χ0v) is 16.5. The molecule has 2 heterocycles. The molecule has 0 radical (unpaired) electrons. The Hall–Kier alpha value is -2.50. The van der Waals surface area contributed by atoms with Gasteiger partial charge in [-0.25, -0.2) is 0 Å². The number of methoxy groups -OCH3 is 1. The van der Waals surface area contributed by atoms with E-state index in [2.05, 4.69) is 10.4 Å². The predicted octanol–water partition coefficient (Wildman–Crippen LogP) is 3.34. The Morgan fingerprint density at radius 1 is 1.33 bits per heavy atom.